The van der Waals surface area contributed by atoms with E-state index in [0.29, 0.717) is 22.9 Å². The molecule has 0 saturated carbocycles. The highest BCUT2D eigenvalue weighted by Gasteiger charge is 2.14. The molecule has 0 aliphatic carbocycles. The van der Waals surface area contributed by atoms with Gasteiger partial charge in [0, 0.05) is 0 Å². The Morgan fingerprint density at radius 1 is 1.33 bits per heavy atom. The van der Waals surface area contributed by atoms with Gasteiger partial charge in [0.05, 0.1) is 17.4 Å². The third-order valence-electron chi connectivity index (χ3n) is 2.45. The molecule has 0 saturated heterocycles. The topological polar surface area (TPSA) is 98.3 Å². The molecule has 0 amide bonds. The smallest absolute Gasteiger partial charge is 0.209 e. The van der Waals surface area contributed by atoms with Crippen molar-refractivity contribution in [2.75, 3.05) is 5.73 Å². The normalized spacial score (nSPS) is 10.7. The molecule has 8 heteroatoms. The summed E-state index contributed by atoms with van der Waals surface area (Å²) >= 11 is 0. The minimum atomic E-state index is -0.358. The highest BCUT2D eigenvalue weighted by Crippen LogP contribution is 2.24. The van der Waals surface area contributed by atoms with Crippen molar-refractivity contribution in [3.8, 4) is 17.1 Å². The van der Waals surface area contributed by atoms with Gasteiger partial charge in [0.1, 0.15) is 11.6 Å². The molecule has 0 aliphatic rings. The first-order chi connectivity index (χ1) is 8.75. The van der Waals surface area contributed by atoms with Crippen LogP contribution in [0, 0.1) is 5.82 Å². The SMILES string of the molecule is Nc1c(-c2nn[nH]n2)cnn1-c1cccc(F)c1. The Hall–Kier alpha value is -2.77. The van der Waals surface area contributed by atoms with E-state index in [9.17, 15) is 4.39 Å². The molecule has 3 N–H and O–H groups in total. The van der Waals surface area contributed by atoms with Crippen LogP contribution in [0.1, 0.15) is 0 Å². The van der Waals surface area contributed by atoms with Crippen molar-refractivity contribution in [3.63, 3.8) is 0 Å². The predicted molar refractivity (Wildman–Crippen MR) is 61.1 cm³/mol. The van der Waals surface area contributed by atoms with E-state index < -0.39 is 0 Å². The largest absolute Gasteiger partial charge is 0.383 e. The molecule has 18 heavy (non-hydrogen) atoms. The van der Waals surface area contributed by atoms with Crippen molar-refractivity contribution in [2.24, 2.45) is 0 Å². The zero-order chi connectivity index (χ0) is 12.5. The molecule has 90 valence electrons. The number of anilines is 1. The number of hydrogen-bond acceptors (Lipinski definition) is 5. The van der Waals surface area contributed by atoms with Crippen LogP contribution in [0.4, 0.5) is 10.2 Å². The average Bonchev–Trinajstić information content (AvgIpc) is 2.97. The molecule has 3 rings (SSSR count). The lowest BCUT2D eigenvalue weighted by Gasteiger charge is -2.03. The number of rotatable bonds is 2. The molecule has 0 aliphatic heterocycles. The molecular formula is C10H8FN7. The summed E-state index contributed by atoms with van der Waals surface area (Å²) in [6, 6.07) is 5.97. The number of nitrogens with zero attached hydrogens (tertiary/aromatic N) is 5. The first-order valence-corrected chi connectivity index (χ1v) is 5.09. The van der Waals surface area contributed by atoms with Crippen LogP contribution in [0.15, 0.2) is 30.5 Å². The second-order valence-electron chi connectivity index (χ2n) is 3.57. The standard InChI is InChI=1S/C10H8FN7/c11-6-2-1-3-7(4-6)18-9(12)8(5-13-18)10-14-16-17-15-10/h1-5H,12H2,(H,14,15,16,17). The van der Waals surface area contributed by atoms with Crippen LogP contribution in [0.25, 0.3) is 17.1 Å². The summed E-state index contributed by atoms with van der Waals surface area (Å²) in [6.07, 6.45) is 1.51. The molecule has 2 aromatic heterocycles. The van der Waals surface area contributed by atoms with E-state index in [0.717, 1.165) is 0 Å². The van der Waals surface area contributed by atoms with Gasteiger partial charge in [0.25, 0.3) is 0 Å². The van der Waals surface area contributed by atoms with Crippen molar-refractivity contribution in [3.05, 3.63) is 36.3 Å². The van der Waals surface area contributed by atoms with E-state index in [-0.39, 0.29) is 5.82 Å². The van der Waals surface area contributed by atoms with Gasteiger partial charge in [-0.25, -0.2) is 9.07 Å². The van der Waals surface area contributed by atoms with E-state index in [1.807, 2.05) is 0 Å². The fourth-order valence-corrected chi connectivity index (χ4v) is 1.62. The third-order valence-corrected chi connectivity index (χ3v) is 2.45. The van der Waals surface area contributed by atoms with Gasteiger partial charge in [-0.15, -0.1) is 10.2 Å². The van der Waals surface area contributed by atoms with Gasteiger partial charge >= 0.3 is 0 Å². The fraction of sp³-hybridized carbons (Fsp3) is 0. The Bertz CT molecular complexity index is 673. The van der Waals surface area contributed by atoms with Crippen LogP contribution in [-0.2, 0) is 0 Å². The van der Waals surface area contributed by atoms with Gasteiger partial charge in [0.15, 0.2) is 0 Å². The van der Waals surface area contributed by atoms with Crippen LogP contribution < -0.4 is 5.73 Å². The quantitative estimate of drug-likeness (QED) is 0.695. The molecule has 3 aromatic rings. The number of hydrogen-bond donors (Lipinski definition) is 2. The van der Waals surface area contributed by atoms with Crippen molar-refractivity contribution >= 4 is 5.82 Å². The lowest BCUT2D eigenvalue weighted by molar-refractivity contribution is 0.625. The molecule has 0 fully saturated rings. The molecule has 0 bridgehead atoms. The summed E-state index contributed by atoms with van der Waals surface area (Å²) in [5.41, 5.74) is 7.00. The number of nitrogens with two attached hydrogens (primary N) is 1. The maximum Gasteiger partial charge on any atom is 0.209 e. The van der Waals surface area contributed by atoms with E-state index >= 15 is 0 Å². The third kappa shape index (κ3) is 1.59. The Morgan fingerprint density at radius 2 is 2.22 bits per heavy atom. The summed E-state index contributed by atoms with van der Waals surface area (Å²) in [6.45, 7) is 0. The van der Waals surface area contributed by atoms with Gasteiger partial charge in [-0.3, -0.25) is 0 Å². The number of nitrogens with one attached hydrogen (secondary N) is 1. The first kappa shape index (κ1) is 10.4. The van der Waals surface area contributed by atoms with Crippen LogP contribution in [0.5, 0.6) is 0 Å². The number of aromatic amines is 1. The molecule has 2 heterocycles. The fourth-order valence-electron chi connectivity index (χ4n) is 1.62. The second kappa shape index (κ2) is 3.91. The Balaban J connectivity index is 2.10. The van der Waals surface area contributed by atoms with Crippen LogP contribution in [0.3, 0.4) is 0 Å². The lowest BCUT2D eigenvalue weighted by Crippen LogP contribution is -2.02. The zero-order valence-corrected chi connectivity index (χ0v) is 9.08. The maximum atomic E-state index is 13.1. The predicted octanol–water partition coefficient (Wildman–Crippen LogP) is 0.774. The van der Waals surface area contributed by atoms with Gasteiger partial charge < -0.3 is 5.73 Å². The molecule has 0 spiro atoms. The van der Waals surface area contributed by atoms with E-state index in [1.54, 1.807) is 12.1 Å². The summed E-state index contributed by atoms with van der Waals surface area (Å²) in [5, 5.41) is 17.5. The van der Waals surface area contributed by atoms with Gasteiger partial charge in [-0.1, -0.05) is 6.07 Å². The number of aromatic nitrogens is 6. The van der Waals surface area contributed by atoms with Crippen molar-refractivity contribution < 1.29 is 4.39 Å². The Kier molecular flexibility index (Phi) is 2.26. The Labute approximate surface area is 100 Å². The molecular weight excluding hydrogens is 237 g/mol. The highest BCUT2D eigenvalue weighted by atomic mass is 19.1. The highest BCUT2D eigenvalue weighted by molar-refractivity contribution is 5.68. The number of nitrogen functional groups attached to an aromatic ring is 1. The maximum absolute atomic E-state index is 13.1. The summed E-state index contributed by atoms with van der Waals surface area (Å²) in [7, 11) is 0. The van der Waals surface area contributed by atoms with Crippen LogP contribution in [-0.4, -0.2) is 30.4 Å². The monoisotopic (exact) mass is 245 g/mol. The lowest BCUT2D eigenvalue weighted by atomic mass is 10.3. The average molecular weight is 245 g/mol. The van der Waals surface area contributed by atoms with Crippen molar-refractivity contribution in [1.29, 1.82) is 0 Å². The van der Waals surface area contributed by atoms with Crippen molar-refractivity contribution in [2.45, 2.75) is 0 Å². The first-order valence-electron chi connectivity index (χ1n) is 5.09. The van der Waals surface area contributed by atoms with Gasteiger partial charge in [0.2, 0.25) is 5.82 Å². The molecule has 1 aromatic carbocycles. The number of H-pyrrole nitrogens is 1. The summed E-state index contributed by atoms with van der Waals surface area (Å²) < 4.78 is 14.6. The molecule has 0 atom stereocenters. The summed E-state index contributed by atoms with van der Waals surface area (Å²) in [5.74, 6) is 0.306. The molecule has 0 unspecified atom stereocenters. The molecule has 0 radical (unpaired) electrons. The Morgan fingerprint density at radius 3 is 2.94 bits per heavy atom. The second-order valence-corrected chi connectivity index (χ2v) is 3.57. The summed E-state index contributed by atoms with van der Waals surface area (Å²) in [4.78, 5) is 0. The number of benzene rings is 1. The minimum absolute atomic E-state index is 0.321. The minimum Gasteiger partial charge on any atom is -0.383 e. The van der Waals surface area contributed by atoms with E-state index in [4.69, 9.17) is 5.73 Å². The van der Waals surface area contributed by atoms with Crippen LogP contribution in [0.2, 0.25) is 0 Å². The van der Waals surface area contributed by atoms with Gasteiger partial charge in [-0.05, 0) is 23.4 Å². The zero-order valence-electron chi connectivity index (χ0n) is 9.08. The van der Waals surface area contributed by atoms with E-state index in [2.05, 4.69) is 25.7 Å². The van der Waals surface area contributed by atoms with Gasteiger partial charge in [-0.2, -0.15) is 10.3 Å². The van der Waals surface area contributed by atoms with E-state index in [1.165, 1.54) is 23.0 Å². The van der Waals surface area contributed by atoms with Crippen LogP contribution >= 0.6 is 0 Å². The number of halogens is 1. The number of tetrazole rings is 1. The van der Waals surface area contributed by atoms with Crippen molar-refractivity contribution in [1.82, 2.24) is 30.4 Å². The molecule has 7 nitrogen and oxygen atoms in total.